The Labute approximate surface area is 187 Å². The summed E-state index contributed by atoms with van der Waals surface area (Å²) < 4.78 is 13.2. The van der Waals surface area contributed by atoms with Gasteiger partial charge >= 0.3 is 0 Å². The zero-order valence-corrected chi connectivity index (χ0v) is 18.1. The fourth-order valence-electron chi connectivity index (χ4n) is 3.41. The van der Waals surface area contributed by atoms with E-state index in [0.717, 1.165) is 16.8 Å². The van der Waals surface area contributed by atoms with Crippen molar-refractivity contribution in [1.82, 2.24) is 14.7 Å². The van der Waals surface area contributed by atoms with Crippen LogP contribution in [0, 0.1) is 0 Å². The van der Waals surface area contributed by atoms with Gasteiger partial charge in [0.2, 0.25) is 0 Å². The number of carbonyl (C=O) groups excluding carboxylic acids is 1. The molecule has 4 aromatic rings. The van der Waals surface area contributed by atoms with Crippen LogP contribution in [0.5, 0.6) is 11.5 Å². The van der Waals surface area contributed by atoms with Crippen molar-refractivity contribution in [3.8, 4) is 17.2 Å². The number of ether oxygens (including phenoxy) is 2. The van der Waals surface area contributed by atoms with Crippen LogP contribution in [0.25, 0.3) is 5.69 Å². The summed E-state index contributed by atoms with van der Waals surface area (Å²) in [6.45, 7) is 0.915. The summed E-state index contributed by atoms with van der Waals surface area (Å²) in [5, 5.41) is 4.20. The number of aromatic nitrogens is 2. The highest BCUT2D eigenvalue weighted by Gasteiger charge is 2.14. The third-order valence-electron chi connectivity index (χ3n) is 5.11. The number of benzene rings is 3. The summed E-state index contributed by atoms with van der Waals surface area (Å²) >= 11 is 0. The second-order valence-corrected chi connectivity index (χ2v) is 7.42. The van der Waals surface area contributed by atoms with E-state index in [-0.39, 0.29) is 5.91 Å². The quantitative estimate of drug-likeness (QED) is 0.408. The number of amides is 1. The summed E-state index contributed by atoms with van der Waals surface area (Å²) in [5.41, 5.74) is 3.57. The maximum Gasteiger partial charge on any atom is 0.253 e. The molecular formula is C26H25N3O3. The first-order chi connectivity index (χ1) is 15.6. The molecule has 4 rings (SSSR count). The van der Waals surface area contributed by atoms with Gasteiger partial charge < -0.3 is 14.4 Å². The van der Waals surface area contributed by atoms with E-state index in [0.29, 0.717) is 30.2 Å². The van der Waals surface area contributed by atoms with Gasteiger partial charge in [-0.2, -0.15) is 5.10 Å². The molecule has 1 heterocycles. The largest absolute Gasteiger partial charge is 0.493 e. The zero-order chi connectivity index (χ0) is 22.3. The predicted octanol–water partition coefficient (Wildman–Crippen LogP) is 4.73. The highest BCUT2D eigenvalue weighted by molar-refractivity contribution is 5.94. The molecule has 0 fully saturated rings. The van der Waals surface area contributed by atoms with E-state index in [4.69, 9.17) is 9.47 Å². The second kappa shape index (κ2) is 9.83. The third kappa shape index (κ3) is 4.98. The van der Waals surface area contributed by atoms with Crippen molar-refractivity contribution in [2.24, 2.45) is 0 Å². The van der Waals surface area contributed by atoms with Gasteiger partial charge in [-0.1, -0.05) is 36.4 Å². The lowest BCUT2D eigenvalue weighted by Crippen LogP contribution is -2.26. The van der Waals surface area contributed by atoms with Crippen LogP contribution in [-0.2, 0) is 13.2 Å². The fraction of sp³-hybridized carbons (Fsp3) is 0.154. The van der Waals surface area contributed by atoms with Gasteiger partial charge in [-0.3, -0.25) is 4.79 Å². The van der Waals surface area contributed by atoms with E-state index in [9.17, 15) is 4.79 Å². The molecule has 0 spiro atoms. The highest BCUT2D eigenvalue weighted by atomic mass is 16.5. The summed E-state index contributed by atoms with van der Waals surface area (Å²) in [6, 6.07) is 25.0. The summed E-state index contributed by atoms with van der Waals surface area (Å²) in [4.78, 5) is 14.6. The molecule has 0 N–H and O–H groups in total. The first kappa shape index (κ1) is 21.2. The molecule has 0 atom stereocenters. The van der Waals surface area contributed by atoms with Crippen molar-refractivity contribution in [2.45, 2.75) is 13.2 Å². The molecular weight excluding hydrogens is 402 g/mol. The van der Waals surface area contributed by atoms with Crippen molar-refractivity contribution in [3.63, 3.8) is 0 Å². The minimum absolute atomic E-state index is 0.0552. The molecule has 1 aromatic heterocycles. The smallest absolute Gasteiger partial charge is 0.253 e. The molecule has 0 aliphatic heterocycles. The number of methoxy groups -OCH3 is 1. The number of carbonyl (C=O) groups is 1. The van der Waals surface area contributed by atoms with E-state index >= 15 is 0 Å². The van der Waals surface area contributed by atoms with Crippen LogP contribution in [0.4, 0.5) is 0 Å². The molecule has 32 heavy (non-hydrogen) atoms. The van der Waals surface area contributed by atoms with Crippen molar-refractivity contribution in [3.05, 3.63) is 108 Å². The minimum Gasteiger partial charge on any atom is -0.493 e. The van der Waals surface area contributed by atoms with Gasteiger partial charge in [-0.05, 0) is 53.6 Å². The molecule has 0 saturated carbocycles. The van der Waals surface area contributed by atoms with Crippen molar-refractivity contribution in [1.29, 1.82) is 0 Å². The lowest BCUT2D eigenvalue weighted by molar-refractivity contribution is 0.0785. The summed E-state index contributed by atoms with van der Waals surface area (Å²) in [6.07, 6.45) is 3.59. The van der Waals surface area contributed by atoms with E-state index in [1.165, 1.54) is 0 Å². The van der Waals surface area contributed by atoms with E-state index in [2.05, 4.69) is 5.10 Å². The van der Waals surface area contributed by atoms with Gasteiger partial charge in [0, 0.05) is 31.5 Å². The normalized spacial score (nSPS) is 10.6. The average Bonchev–Trinajstić information content (AvgIpc) is 3.38. The van der Waals surface area contributed by atoms with E-state index in [1.807, 2.05) is 85.1 Å². The Morgan fingerprint density at radius 1 is 0.938 bits per heavy atom. The van der Waals surface area contributed by atoms with Crippen LogP contribution >= 0.6 is 0 Å². The molecule has 0 unspecified atom stereocenters. The number of hydrogen-bond acceptors (Lipinski definition) is 4. The Bertz CT molecular complexity index is 1160. The average molecular weight is 428 g/mol. The predicted molar refractivity (Wildman–Crippen MR) is 123 cm³/mol. The maximum absolute atomic E-state index is 12.9. The molecule has 1 amide bonds. The van der Waals surface area contributed by atoms with Gasteiger partial charge in [0.25, 0.3) is 5.91 Å². The summed E-state index contributed by atoms with van der Waals surface area (Å²) in [7, 11) is 3.40. The molecule has 3 aromatic carbocycles. The Morgan fingerprint density at radius 3 is 2.41 bits per heavy atom. The zero-order valence-electron chi connectivity index (χ0n) is 18.1. The van der Waals surface area contributed by atoms with Crippen LogP contribution in [0.2, 0.25) is 0 Å². The van der Waals surface area contributed by atoms with E-state index < -0.39 is 0 Å². The van der Waals surface area contributed by atoms with Crippen LogP contribution < -0.4 is 9.47 Å². The molecule has 0 bridgehead atoms. The molecule has 6 nitrogen and oxygen atoms in total. The Hall–Kier alpha value is -4.06. The van der Waals surface area contributed by atoms with Crippen LogP contribution in [0.3, 0.4) is 0 Å². The Morgan fingerprint density at radius 2 is 1.72 bits per heavy atom. The standard InChI is InChI=1S/C26H25N3O3/c1-28(26(30)22-10-12-23(13-11-22)29-16-6-15-27-29)18-21-9-14-24(25(17-21)31-2)32-19-20-7-4-3-5-8-20/h3-17H,18-19H2,1-2H3. The highest BCUT2D eigenvalue weighted by Crippen LogP contribution is 2.29. The molecule has 0 aliphatic carbocycles. The Balaban J connectivity index is 1.40. The van der Waals surface area contributed by atoms with Gasteiger partial charge in [0.1, 0.15) is 6.61 Å². The monoisotopic (exact) mass is 427 g/mol. The van der Waals surface area contributed by atoms with Crippen molar-refractivity contribution >= 4 is 5.91 Å². The van der Waals surface area contributed by atoms with Crippen molar-refractivity contribution < 1.29 is 14.3 Å². The minimum atomic E-state index is -0.0552. The maximum atomic E-state index is 12.9. The molecule has 0 aliphatic rings. The van der Waals surface area contributed by atoms with Gasteiger partial charge in [-0.15, -0.1) is 0 Å². The molecule has 0 radical (unpaired) electrons. The fourth-order valence-corrected chi connectivity index (χ4v) is 3.41. The first-order valence-electron chi connectivity index (χ1n) is 10.3. The van der Waals surface area contributed by atoms with Crippen LogP contribution in [0.15, 0.2) is 91.3 Å². The van der Waals surface area contributed by atoms with E-state index in [1.54, 1.807) is 29.9 Å². The van der Waals surface area contributed by atoms with Gasteiger partial charge in [0.15, 0.2) is 11.5 Å². The van der Waals surface area contributed by atoms with Crippen molar-refractivity contribution in [2.75, 3.05) is 14.2 Å². The topological polar surface area (TPSA) is 56.6 Å². The lowest BCUT2D eigenvalue weighted by Gasteiger charge is -2.19. The number of hydrogen-bond donors (Lipinski definition) is 0. The van der Waals surface area contributed by atoms with Crippen LogP contribution in [0.1, 0.15) is 21.5 Å². The SMILES string of the molecule is COc1cc(CN(C)C(=O)c2ccc(-n3cccn3)cc2)ccc1OCc1ccccc1. The van der Waals surface area contributed by atoms with Gasteiger partial charge in [-0.25, -0.2) is 4.68 Å². The molecule has 162 valence electrons. The number of rotatable bonds is 8. The third-order valence-corrected chi connectivity index (χ3v) is 5.11. The second-order valence-electron chi connectivity index (χ2n) is 7.42. The van der Waals surface area contributed by atoms with Crippen LogP contribution in [-0.4, -0.2) is 34.7 Å². The molecule has 6 heteroatoms. The molecule has 0 saturated heterocycles. The van der Waals surface area contributed by atoms with Gasteiger partial charge in [0.05, 0.1) is 12.8 Å². The lowest BCUT2D eigenvalue weighted by atomic mass is 10.1. The summed E-state index contributed by atoms with van der Waals surface area (Å²) in [5.74, 6) is 1.26. The Kier molecular flexibility index (Phi) is 6.51. The number of nitrogens with zero attached hydrogens (tertiary/aromatic N) is 3. The first-order valence-corrected chi connectivity index (χ1v) is 10.3.